The number of hydrogen-bond acceptors (Lipinski definition) is 4. The van der Waals surface area contributed by atoms with Gasteiger partial charge in [-0.05, 0) is 0 Å². The van der Waals surface area contributed by atoms with Crippen LogP contribution in [0.25, 0.3) is 0 Å². The molecule has 50 valence electrons. The van der Waals surface area contributed by atoms with Crippen LogP contribution in [-0.2, 0) is 0 Å². The molecule has 0 atom stereocenters. The third-order valence-corrected chi connectivity index (χ3v) is 0.633. The Balaban J connectivity index is 2.53. The Bertz CT molecular complexity index is 140. The number of carbonyl (C=O) groups is 2. The summed E-state index contributed by atoms with van der Waals surface area (Å²) in [5.74, 6) is 0. The maximum Gasteiger partial charge on any atom is 0.338 e. The van der Waals surface area contributed by atoms with Gasteiger partial charge in [-0.15, -0.1) is 0 Å². The largest absolute Gasteiger partial charge is 0.749 e. The normalized spacial score (nSPS) is 20.1. The van der Waals surface area contributed by atoms with Gasteiger partial charge in [0.05, 0.1) is 0 Å². The van der Waals surface area contributed by atoms with E-state index in [4.69, 9.17) is 0 Å². The van der Waals surface area contributed by atoms with Crippen LogP contribution < -0.4 is 16.2 Å². The number of carbonyl (C=O) groups excluding carboxylic acids is 2. The van der Waals surface area contributed by atoms with E-state index in [1.807, 2.05) is 0 Å². The molecule has 3 N–H and O–H groups in total. The lowest BCUT2D eigenvalue weighted by Gasteiger charge is -2.31. The van der Waals surface area contributed by atoms with Gasteiger partial charge in [0, 0.05) is 0 Å². The van der Waals surface area contributed by atoms with E-state index < -0.39 is 12.1 Å². The van der Waals surface area contributed by atoms with Crippen LogP contribution in [0.15, 0.2) is 0 Å². The molecule has 1 saturated heterocycles. The average molecular weight is 131 g/mol. The fourth-order valence-corrected chi connectivity index (χ4v) is 0.371. The summed E-state index contributed by atoms with van der Waals surface area (Å²) >= 11 is 0. The summed E-state index contributed by atoms with van der Waals surface area (Å²) in [6.45, 7) is 0. The predicted molar refractivity (Wildman–Crippen MR) is 25.4 cm³/mol. The molecule has 0 unspecified atom stereocenters. The minimum atomic E-state index is -0.839. The van der Waals surface area contributed by atoms with E-state index in [1.54, 1.807) is 16.2 Å². The first-order valence-electron chi connectivity index (χ1n) is 2.04. The number of amides is 4. The first-order chi connectivity index (χ1) is 4.18. The molecule has 1 rings (SSSR count). The van der Waals surface area contributed by atoms with Gasteiger partial charge in [0.1, 0.15) is 0 Å². The minimum Gasteiger partial charge on any atom is -0.749 e. The molecule has 0 aromatic carbocycles. The summed E-state index contributed by atoms with van der Waals surface area (Å²) in [6.07, 6.45) is 0. The zero-order valence-electron chi connectivity index (χ0n) is 4.17. The summed E-state index contributed by atoms with van der Waals surface area (Å²) in [4.78, 5) is 20.3. The van der Waals surface area contributed by atoms with E-state index in [1.165, 1.54) is 0 Å². The molecule has 1 aliphatic heterocycles. The van der Waals surface area contributed by atoms with E-state index >= 15 is 0 Å². The summed E-state index contributed by atoms with van der Waals surface area (Å²) < 4.78 is 0. The SMILES string of the molecule is O=C1NC(=O)NN([O-])N1. The van der Waals surface area contributed by atoms with Crippen molar-refractivity contribution in [3.63, 3.8) is 0 Å². The van der Waals surface area contributed by atoms with Crippen LogP contribution in [0.2, 0.25) is 0 Å². The van der Waals surface area contributed by atoms with Crippen molar-refractivity contribution in [3.8, 4) is 0 Å². The molecule has 0 aromatic rings. The number of nitrogens with one attached hydrogen (secondary N) is 3. The standard InChI is InChI=1S/C2H3N4O3/c7-1-3-2(8)5-6(9)4-1/h(H3,3,4,5,7,8)/q-1. The average Bonchev–Trinajstić information content (AvgIpc) is 1.59. The molecule has 1 fully saturated rings. The summed E-state index contributed by atoms with van der Waals surface area (Å²) in [5.41, 5.74) is 3.41. The molecule has 0 bridgehead atoms. The van der Waals surface area contributed by atoms with Gasteiger partial charge in [-0.2, -0.15) is 5.28 Å². The van der Waals surface area contributed by atoms with Crippen LogP contribution in [0.4, 0.5) is 9.59 Å². The molecule has 0 spiro atoms. The van der Waals surface area contributed by atoms with E-state index in [0.717, 1.165) is 0 Å². The molecule has 7 heteroatoms. The lowest BCUT2D eigenvalue weighted by atomic mass is 10.9. The Labute approximate surface area is 49.5 Å². The Morgan fingerprint density at radius 2 is 1.67 bits per heavy atom. The third kappa shape index (κ3) is 1.27. The zero-order chi connectivity index (χ0) is 6.85. The van der Waals surface area contributed by atoms with Crippen molar-refractivity contribution < 1.29 is 9.59 Å². The van der Waals surface area contributed by atoms with Crippen molar-refractivity contribution in [2.45, 2.75) is 0 Å². The molecule has 0 aromatic heterocycles. The van der Waals surface area contributed by atoms with Crippen molar-refractivity contribution in [2.75, 3.05) is 0 Å². The van der Waals surface area contributed by atoms with Gasteiger partial charge in [-0.1, -0.05) is 0 Å². The van der Waals surface area contributed by atoms with E-state index in [0.29, 0.717) is 0 Å². The van der Waals surface area contributed by atoms with Gasteiger partial charge in [0.25, 0.3) is 0 Å². The van der Waals surface area contributed by atoms with Crippen LogP contribution >= 0.6 is 0 Å². The maximum atomic E-state index is 10.2. The van der Waals surface area contributed by atoms with Crippen molar-refractivity contribution in [3.05, 3.63) is 5.21 Å². The second-order valence-corrected chi connectivity index (χ2v) is 1.30. The van der Waals surface area contributed by atoms with Crippen LogP contribution in [0.5, 0.6) is 0 Å². The van der Waals surface area contributed by atoms with Crippen LogP contribution in [0.1, 0.15) is 0 Å². The van der Waals surface area contributed by atoms with Gasteiger partial charge >= 0.3 is 12.1 Å². The van der Waals surface area contributed by atoms with Gasteiger partial charge in [-0.25, -0.2) is 9.59 Å². The zero-order valence-corrected chi connectivity index (χ0v) is 4.17. The van der Waals surface area contributed by atoms with Crippen molar-refractivity contribution in [1.82, 2.24) is 21.4 Å². The number of hydrogen-bond donors (Lipinski definition) is 3. The number of hydrazine groups is 2. The van der Waals surface area contributed by atoms with Crippen molar-refractivity contribution in [1.29, 1.82) is 0 Å². The fourth-order valence-electron chi connectivity index (χ4n) is 0.371. The van der Waals surface area contributed by atoms with E-state index in [-0.39, 0.29) is 5.28 Å². The molecule has 1 aliphatic rings. The molecular formula is C2H3N4O3-. The Kier molecular flexibility index (Phi) is 1.21. The van der Waals surface area contributed by atoms with Crippen LogP contribution in [0, 0.1) is 5.21 Å². The predicted octanol–water partition coefficient (Wildman–Crippen LogP) is -1.36. The highest BCUT2D eigenvalue weighted by Gasteiger charge is 2.12. The highest BCUT2D eigenvalue weighted by molar-refractivity contribution is 5.94. The molecule has 0 aliphatic carbocycles. The molecular weight excluding hydrogens is 128 g/mol. The quantitative estimate of drug-likeness (QED) is 0.378. The molecule has 1 heterocycles. The minimum absolute atomic E-state index is 0.0822. The third-order valence-electron chi connectivity index (χ3n) is 0.633. The smallest absolute Gasteiger partial charge is 0.338 e. The van der Waals surface area contributed by atoms with E-state index in [2.05, 4.69) is 0 Å². The Morgan fingerprint density at radius 1 is 1.22 bits per heavy atom. The van der Waals surface area contributed by atoms with Gasteiger partial charge in [0.2, 0.25) is 0 Å². The first kappa shape index (κ1) is 5.79. The van der Waals surface area contributed by atoms with Gasteiger partial charge < -0.3 is 5.21 Å². The van der Waals surface area contributed by atoms with Gasteiger partial charge in [0.15, 0.2) is 0 Å². The maximum absolute atomic E-state index is 10.2. The second-order valence-electron chi connectivity index (χ2n) is 1.30. The van der Waals surface area contributed by atoms with Crippen LogP contribution in [0.3, 0.4) is 0 Å². The van der Waals surface area contributed by atoms with Crippen molar-refractivity contribution >= 4 is 12.1 Å². The first-order valence-corrected chi connectivity index (χ1v) is 2.04. The highest BCUT2D eigenvalue weighted by atomic mass is 16.6. The molecule has 7 nitrogen and oxygen atoms in total. The second kappa shape index (κ2) is 1.88. The molecule has 4 amide bonds. The van der Waals surface area contributed by atoms with Gasteiger partial charge in [-0.3, -0.25) is 16.2 Å². The number of urea groups is 2. The molecule has 0 saturated carbocycles. The van der Waals surface area contributed by atoms with Crippen LogP contribution in [-0.4, -0.2) is 17.3 Å². The number of nitrogens with zero attached hydrogens (tertiary/aromatic N) is 1. The summed E-state index contributed by atoms with van der Waals surface area (Å²) in [5, 5.41) is 11.8. The topological polar surface area (TPSA) is 96.5 Å². The van der Waals surface area contributed by atoms with E-state index in [9.17, 15) is 14.8 Å². The molecule has 0 radical (unpaired) electrons. The lowest BCUT2D eigenvalue weighted by Crippen LogP contribution is -2.62. The summed E-state index contributed by atoms with van der Waals surface area (Å²) in [7, 11) is 0. The monoisotopic (exact) mass is 131 g/mol. The fraction of sp³-hybridized carbons (Fsp3) is 0. The van der Waals surface area contributed by atoms with Crippen molar-refractivity contribution in [2.24, 2.45) is 0 Å². The Morgan fingerprint density at radius 3 is 2.00 bits per heavy atom. The summed E-state index contributed by atoms with van der Waals surface area (Å²) in [6, 6.07) is -1.68. The number of rotatable bonds is 0. The molecule has 9 heavy (non-hydrogen) atoms. The Hall–Kier alpha value is -1.34. The number of imide groups is 1. The lowest BCUT2D eigenvalue weighted by molar-refractivity contribution is 0.153. The highest BCUT2D eigenvalue weighted by Crippen LogP contribution is 1.78.